The molecule has 1 heterocycles. The van der Waals surface area contributed by atoms with Gasteiger partial charge < -0.3 is 4.98 Å². The number of pyridine rings is 1. The number of aromatic nitrogens is 1. The number of hydrogen-bond acceptors (Lipinski definition) is 3. The van der Waals surface area contributed by atoms with E-state index in [4.69, 9.17) is 0 Å². The molecule has 19 heavy (non-hydrogen) atoms. The van der Waals surface area contributed by atoms with Crippen LogP contribution in [0.1, 0.15) is 5.56 Å². The van der Waals surface area contributed by atoms with Gasteiger partial charge in [0.2, 0.25) is 0 Å². The lowest BCUT2D eigenvalue weighted by atomic mass is 10.3. The molecular formula is C12H9F2NO3S. The van der Waals surface area contributed by atoms with Crippen LogP contribution in [0.25, 0.3) is 0 Å². The lowest BCUT2D eigenvalue weighted by molar-refractivity contribution is 0.504. The molecule has 100 valence electrons. The van der Waals surface area contributed by atoms with Gasteiger partial charge in [-0.3, -0.25) is 4.79 Å². The summed E-state index contributed by atoms with van der Waals surface area (Å²) >= 11 is 0. The summed E-state index contributed by atoms with van der Waals surface area (Å²) in [4.78, 5) is 13.7. The van der Waals surface area contributed by atoms with Gasteiger partial charge in [-0.2, -0.15) is 0 Å². The highest BCUT2D eigenvalue weighted by molar-refractivity contribution is 7.90. The molecule has 7 heteroatoms. The average molecular weight is 285 g/mol. The van der Waals surface area contributed by atoms with Crippen LogP contribution in [0.4, 0.5) is 8.78 Å². The standard InChI is InChI=1S/C12H9F2NO3S/c13-10-2-1-9(5-11(10)14)19(17,18)7-8-6-15-4-3-12(8)16/h1-6H,7H2,(H,15,16). The number of aromatic amines is 1. The Morgan fingerprint density at radius 1 is 1.11 bits per heavy atom. The maximum absolute atomic E-state index is 13.0. The summed E-state index contributed by atoms with van der Waals surface area (Å²) in [6, 6.07) is 3.49. The van der Waals surface area contributed by atoms with E-state index >= 15 is 0 Å². The second kappa shape index (κ2) is 4.93. The van der Waals surface area contributed by atoms with Crippen molar-refractivity contribution in [2.75, 3.05) is 0 Å². The molecule has 4 nitrogen and oxygen atoms in total. The maximum Gasteiger partial charge on any atom is 0.185 e. The van der Waals surface area contributed by atoms with Crippen molar-refractivity contribution in [3.8, 4) is 0 Å². The van der Waals surface area contributed by atoms with Crippen molar-refractivity contribution in [3.05, 3.63) is 64.1 Å². The molecular weight excluding hydrogens is 276 g/mol. The molecule has 0 saturated carbocycles. The Balaban J connectivity index is 2.41. The van der Waals surface area contributed by atoms with E-state index in [1.54, 1.807) is 0 Å². The zero-order chi connectivity index (χ0) is 14.0. The summed E-state index contributed by atoms with van der Waals surface area (Å²) in [7, 11) is -3.90. The van der Waals surface area contributed by atoms with Gasteiger partial charge in [-0.05, 0) is 18.2 Å². The van der Waals surface area contributed by atoms with E-state index in [9.17, 15) is 22.0 Å². The smallest absolute Gasteiger partial charge is 0.185 e. The lowest BCUT2D eigenvalue weighted by Crippen LogP contribution is -2.14. The van der Waals surface area contributed by atoms with E-state index in [0.717, 1.165) is 12.1 Å². The van der Waals surface area contributed by atoms with Gasteiger partial charge in [0, 0.05) is 24.0 Å². The molecule has 0 bridgehead atoms. The van der Waals surface area contributed by atoms with E-state index in [-0.39, 0.29) is 10.5 Å². The predicted octanol–water partition coefficient (Wildman–Crippen LogP) is 1.63. The van der Waals surface area contributed by atoms with E-state index < -0.39 is 32.7 Å². The van der Waals surface area contributed by atoms with Crippen LogP contribution in [0.15, 0.2) is 46.3 Å². The highest BCUT2D eigenvalue weighted by Crippen LogP contribution is 2.17. The Hall–Kier alpha value is -2.02. The van der Waals surface area contributed by atoms with E-state index in [1.165, 1.54) is 18.5 Å². The van der Waals surface area contributed by atoms with Gasteiger partial charge in [0.1, 0.15) is 0 Å². The third-order valence-corrected chi connectivity index (χ3v) is 4.16. The first-order valence-corrected chi connectivity index (χ1v) is 6.89. The molecule has 1 aromatic heterocycles. The minimum atomic E-state index is -3.90. The average Bonchev–Trinajstić information content (AvgIpc) is 2.35. The molecule has 0 atom stereocenters. The number of nitrogens with one attached hydrogen (secondary N) is 1. The number of hydrogen-bond donors (Lipinski definition) is 1. The number of sulfone groups is 1. The van der Waals surface area contributed by atoms with Crippen LogP contribution < -0.4 is 5.43 Å². The fourth-order valence-electron chi connectivity index (χ4n) is 1.52. The maximum atomic E-state index is 13.0. The van der Waals surface area contributed by atoms with E-state index in [1.807, 2.05) is 0 Å². The van der Waals surface area contributed by atoms with Crippen molar-refractivity contribution < 1.29 is 17.2 Å². The zero-order valence-electron chi connectivity index (χ0n) is 9.56. The Kier molecular flexibility index (Phi) is 3.48. The van der Waals surface area contributed by atoms with Gasteiger partial charge in [-0.15, -0.1) is 0 Å². The molecule has 0 amide bonds. The Bertz CT molecular complexity index is 769. The van der Waals surface area contributed by atoms with Crippen molar-refractivity contribution in [2.24, 2.45) is 0 Å². The van der Waals surface area contributed by atoms with Gasteiger partial charge in [-0.1, -0.05) is 0 Å². The van der Waals surface area contributed by atoms with Gasteiger partial charge in [0.15, 0.2) is 26.9 Å². The number of halogens is 2. The monoisotopic (exact) mass is 285 g/mol. The molecule has 0 saturated heterocycles. The molecule has 2 aromatic rings. The summed E-state index contributed by atoms with van der Waals surface area (Å²) in [5.41, 5.74) is -0.405. The van der Waals surface area contributed by atoms with Crippen LogP contribution in [0.2, 0.25) is 0 Å². The SMILES string of the molecule is O=c1cc[nH]cc1CS(=O)(=O)c1ccc(F)c(F)c1. The van der Waals surface area contributed by atoms with Crippen LogP contribution in [0, 0.1) is 11.6 Å². The van der Waals surface area contributed by atoms with Crippen LogP contribution in [0.5, 0.6) is 0 Å². The summed E-state index contributed by atoms with van der Waals surface area (Å²) in [5.74, 6) is -2.95. The molecule has 2 rings (SSSR count). The van der Waals surface area contributed by atoms with Crippen molar-refractivity contribution in [1.82, 2.24) is 4.98 Å². The third-order valence-electron chi connectivity index (χ3n) is 2.50. The van der Waals surface area contributed by atoms with Crippen LogP contribution >= 0.6 is 0 Å². The van der Waals surface area contributed by atoms with Crippen LogP contribution in [-0.2, 0) is 15.6 Å². The van der Waals surface area contributed by atoms with Crippen molar-refractivity contribution in [2.45, 2.75) is 10.6 Å². The molecule has 0 unspecified atom stereocenters. The molecule has 1 N–H and O–H groups in total. The molecule has 1 aromatic carbocycles. The quantitative estimate of drug-likeness (QED) is 0.871. The van der Waals surface area contributed by atoms with Crippen molar-refractivity contribution >= 4 is 9.84 Å². The fraction of sp³-hybridized carbons (Fsp3) is 0.0833. The normalized spacial score (nSPS) is 11.5. The number of rotatable bonds is 3. The lowest BCUT2D eigenvalue weighted by Gasteiger charge is -2.04. The van der Waals surface area contributed by atoms with Gasteiger partial charge in [0.05, 0.1) is 10.6 Å². The molecule has 0 fully saturated rings. The minimum Gasteiger partial charge on any atom is -0.367 e. The fourth-order valence-corrected chi connectivity index (χ4v) is 2.88. The number of benzene rings is 1. The highest BCUT2D eigenvalue weighted by Gasteiger charge is 2.18. The predicted molar refractivity (Wildman–Crippen MR) is 64.3 cm³/mol. The van der Waals surface area contributed by atoms with Crippen LogP contribution in [0.3, 0.4) is 0 Å². The summed E-state index contributed by atoms with van der Waals surface area (Å²) in [5, 5.41) is 0. The zero-order valence-corrected chi connectivity index (χ0v) is 10.4. The topological polar surface area (TPSA) is 67.0 Å². The molecule has 0 aliphatic carbocycles. The molecule has 0 aliphatic rings. The van der Waals surface area contributed by atoms with Crippen LogP contribution in [-0.4, -0.2) is 13.4 Å². The van der Waals surface area contributed by atoms with Gasteiger partial charge in [0.25, 0.3) is 0 Å². The summed E-state index contributed by atoms with van der Waals surface area (Å²) in [6.07, 6.45) is 2.63. The van der Waals surface area contributed by atoms with E-state index in [0.29, 0.717) is 6.07 Å². The molecule has 0 radical (unpaired) electrons. The first-order chi connectivity index (χ1) is 8.90. The summed E-state index contributed by atoms with van der Waals surface area (Å²) in [6.45, 7) is 0. The number of H-pyrrole nitrogens is 1. The second-order valence-electron chi connectivity index (χ2n) is 3.87. The van der Waals surface area contributed by atoms with E-state index in [2.05, 4.69) is 4.98 Å². The van der Waals surface area contributed by atoms with Crippen molar-refractivity contribution in [3.63, 3.8) is 0 Å². The van der Waals surface area contributed by atoms with Crippen molar-refractivity contribution in [1.29, 1.82) is 0 Å². The molecule has 0 spiro atoms. The Labute approximate surface area is 107 Å². The largest absolute Gasteiger partial charge is 0.367 e. The first-order valence-electron chi connectivity index (χ1n) is 5.24. The Morgan fingerprint density at radius 3 is 2.47 bits per heavy atom. The minimum absolute atomic E-state index is 0.0345. The second-order valence-corrected chi connectivity index (χ2v) is 5.86. The third kappa shape index (κ3) is 2.87. The molecule has 0 aliphatic heterocycles. The van der Waals surface area contributed by atoms with Gasteiger partial charge in [-0.25, -0.2) is 17.2 Å². The highest BCUT2D eigenvalue weighted by atomic mass is 32.2. The van der Waals surface area contributed by atoms with Gasteiger partial charge >= 0.3 is 0 Å². The first kappa shape index (κ1) is 13.4. The summed E-state index contributed by atoms with van der Waals surface area (Å²) < 4.78 is 49.7. The Morgan fingerprint density at radius 2 is 1.84 bits per heavy atom.